The van der Waals surface area contributed by atoms with E-state index >= 15 is 0 Å². The van der Waals surface area contributed by atoms with Gasteiger partial charge in [-0.05, 0) is 42.2 Å². The second-order valence-electron chi connectivity index (χ2n) is 7.16. The zero-order chi connectivity index (χ0) is 19.3. The standard InChI is InChI=1S/C21H19N5O2/c1-12(8-13-6-7-17-18(9-13)28-11-27-17)19-14(10-22)20(23)26-16-5-3-2-4-15(16)24-21(26)25-19/h2-7,9,12,19H,8,11,23H2,1H3,(H,24,25)/t12-,19+/m1/s1. The average Bonchev–Trinajstić information content (AvgIpc) is 3.31. The van der Waals surface area contributed by atoms with E-state index in [4.69, 9.17) is 15.2 Å². The molecule has 0 radical (unpaired) electrons. The monoisotopic (exact) mass is 373 g/mol. The number of nitrogens with zero attached hydrogens (tertiary/aromatic N) is 3. The fourth-order valence-electron chi connectivity index (χ4n) is 3.97. The van der Waals surface area contributed by atoms with Gasteiger partial charge in [0.1, 0.15) is 11.9 Å². The number of hydrogen-bond acceptors (Lipinski definition) is 6. The van der Waals surface area contributed by atoms with Crippen LogP contribution in [0, 0.1) is 17.2 Å². The van der Waals surface area contributed by atoms with Gasteiger partial charge in [-0.2, -0.15) is 5.26 Å². The van der Waals surface area contributed by atoms with Crippen LogP contribution in [0.15, 0.2) is 48.0 Å². The van der Waals surface area contributed by atoms with E-state index < -0.39 is 0 Å². The van der Waals surface area contributed by atoms with Crippen LogP contribution in [0.4, 0.5) is 5.95 Å². The van der Waals surface area contributed by atoms with Gasteiger partial charge >= 0.3 is 0 Å². The maximum absolute atomic E-state index is 9.81. The van der Waals surface area contributed by atoms with Gasteiger partial charge in [-0.3, -0.25) is 4.57 Å². The number of ether oxygens (including phenoxy) is 2. The summed E-state index contributed by atoms with van der Waals surface area (Å²) >= 11 is 0. The number of nitriles is 1. The van der Waals surface area contributed by atoms with Crippen LogP contribution >= 0.6 is 0 Å². The molecule has 7 heteroatoms. The van der Waals surface area contributed by atoms with Gasteiger partial charge in [0, 0.05) is 0 Å². The van der Waals surface area contributed by atoms with Crippen LogP contribution in [0.3, 0.4) is 0 Å². The lowest BCUT2D eigenvalue weighted by molar-refractivity contribution is 0.174. The van der Waals surface area contributed by atoms with Gasteiger partial charge < -0.3 is 20.5 Å². The Kier molecular flexibility index (Phi) is 3.66. The molecule has 0 saturated heterocycles. The Morgan fingerprint density at radius 3 is 2.96 bits per heavy atom. The van der Waals surface area contributed by atoms with E-state index in [9.17, 15) is 5.26 Å². The minimum absolute atomic E-state index is 0.113. The van der Waals surface area contributed by atoms with Crippen LogP contribution in [0.25, 0.3) is 16.9 Å². The van der Waals surface area contributed by atoms with Crippen molar-refractivity contribution >= 4 is 22.8 Å². The Balaban J connectivity index is 1.48. The maximum Gasteiger partial charge on any atom is 0.231 e. The van der Waals surface area contributed by atoms with Crippen molar-refractivity contribution in [1.82, 2.24) is 9.55 Å². The minimum Gasteiger partial charge on any atom is -0.454 e. The molecule has 2 aromatic carbocycles. The molecule has 3 heterocycles. The van der Waals surface area contributed by atoms with E-state index in [1.54, 1.807) is 0 Å². The van der Waals surface area contributed by atoms with E-state index in [2.05, 4.69) is 23.3 Å². The lowest BCUT2D eigenvalue weighted by Crippen LogP contribution is -2.37. The number of hydrogen-bond donors (Lipinski definition) is 2. The van der Waals surface area contributed by atoms with Gasteiger partial charge in [-0.1, -0.05) is 25.1 Å². The summed E-state index contributed by atoms with van der Waals surface area (Å²) in [6.45, 7) is 2.36. The van der Waals surface area contributed by atoms with Crippen LogP contribution < -0.4 is 20.5 Å². The Bertz CT molecular complexity index is 1160. The summed E-state index contributed by atoms with van der Waals surface area (Å²) in [5.74, 6) is 2.75. The quantitative estimate of drug-likeness (QED) is 0.732. The minimum atomic E-state index is -0.222. The van der Waals surface area contributed by atoms with Gasteiger partial charge in [-0.25, -0.2) is 4.98 Å². The summed E-state index contributed by atoms with van der Waals surface area (Å²) < 4.78 is 12.7. The third-order valence-corrected chi connectivity index (χ3v) is 5.36. The van der Waals surface area contributed by atoms with Crippen LogP contribution in [-0.2, 0) is 6.42 Å². The van der Waals surface area contributed by atoms with Crippen LogP contribution in [-0.4, -0.2) is 22.4 Å². The summed E-state index contributed by atoms with van der Waals surface area (Å²) in [4.78, 5) is 4.65. The van der Waals surface area contributed by atoms with Gasteiger partial charge in [0.2, 0.25) is 12.7 Å². The van der Waals surface area contributed by atoms with Gasteiger partial charge in [0.25, 0.3) is 0 Å². The predicted octanol–water partition coefficient (Wildman–Crippen LogP) is 3.09. The fourth-order valence-corrected chi connectivity index (χ4v) is 3.97. The van der Waals surface area contributed by atoms with E-state index in [-0.39, 0.29) is 18.8 Å². The van der Waals surface area contributed by atoms with Crippen molar-refractivity contribution in [2.45, 2.75) is 19.4 Å². The smallest absolute Gasteiger partial charge is 0.231 e. The molecule has 0 fully saturated rings. The highest BCUT2D eigenvalue weighted by molar-refractivity contribution is 5.85. The van der Waals surface area contributed by atoms with Crippen molar-refractivity contribution in [3.8, 4) is 17.6 Å². The van der Waals surface area contributed by atoms with E-state index in [0.29, 0.717) is 17.3 Å². The Labute approximate surface area is 162 Å². The van der Waals surface area contributed by atoms with Crippen molar-refractivity contribution in [3.63, 3.8) is 0 Å². The second kappa shape index (κ2) is 6.20. The Morgan fingerprint density at radius 2 is 2.11 bits per heavy atom. The first-order valence-electron chi connectivity index (χ1n) is 9.18. The predicted molar refractivity (Wildman–Crippen MR) is 106 cm³/mol. The third-order valence-electron chi connectivity index (χ3n) is 5.36. The topological polar surface area (TPSA) is 98.1 Å². The molecular weight excluding hydrogens is 354 g/mol. The largest absolute Gasteiger partial charge is 0.454 e. The molecule has 0 unspecified atom stereocenters. The lowest BCUT2D eigenvalue weighted by atomic mass is 9.88. The van der Waals surface area contributed by atoms with Crippen molar-refractivity contribution in [1.29, 1.82) is 5.26 Å². The number of fused-ring (bicyclic) bond motifs is 4. The number of anilines is 1. The first-order valence-corrected chi connectivity index (χ1v) is 9.18. The average molecular weight is 373 g/mol. The Hall–Kier alpha value is -3.66. The molecule has 2 aliphatic heterocycles. The highest BCUT2D eigenvalue weighted by atomic mass is 16.7. The second-order valence-corrected chi connectivity index (χ2v) is 7.16. The fraction of sp³-hybridized carbons (Fsp3) is 0.238. The highest BCUT2D eigenvalue weighted by Gasteiger charge is 2.32. The summed E-state index contributed by atoms with van der Waals surface area (Å²) in [5, 5.41) is 13.2. The third kappa shape index (κ3) is 2.46. The number of para-hydroxylation sites is 2. The zero-order valence-electron chi connectivity index (χ0n) is 15.3. The molecule has 0 aliphatic carbocycles. The van der Waals surface area contributed by atoms with Gasteiger partial charge in [0.05, 0.1) is 22.6 Å². The zero-order valence-corrected chi connectivity index (χ0v) is 15.3. The van der Waals surface area contributed by atoms with Crippen LogP contribution in [0.2, 0.25) is 0 Å². The van der Waals surface area contributed by atoms with E-state index in [0.717, 1.165) is 34.5 Å². The first-order chi connectivity index (χ1) is 13.7. The number of rotatable bonds is 3. The normalized spacial score (nSPS) is 18.5. The van der Waals surface area contributed by atoms with Crippen molar-refractivity contribution < 1.29 is 9.47 Å². The lowest BCUT2D eigenvalue weighted by Gasteiger charge is -2.30. The number of aromatic nitrogens is 2. The SMILES string of the molecule is C[C@H](Cc1ccc2c(c1)OCO2)[C@@H]1Nc2nc3ccccc3n2C(N)=C1C#N. The number of imidazole rings is 1. The van der Waals surface area contributed by atoms with Gasteiger partial charge in [0.15, 0.2) is 11.5 Å². The van der Waals surface area contributed by atoms with Gasteiger partial charge in [-0.15, -0.1) is 0 Å². The summed E-state index contributed by atoms with van der Waals surface area (Å²) in [6.07, 6.45) is 0.757. The van der Waals surface area contributed by atoms with Crippen molar-refractivity contribution in [2.24, 2.45) is 11.7 Å². The summed E-state index contributed by atoms with van der Waals surface area (Å²) in [7, 11) is 0. The van der Waals surface area contributed by atoms with Crippen molar-refractivity contribution in [2.75, 3.05) is 12.1 Å². The molecule has 1 aromatic heterocycles. The molecule has 0 spiro atoms. The molecule has 3 aromatic rings. The molecule has 0 amide bonds. The molecular formula is C21H19N5O2. The molecule has 5 rings (SSSR count). The highest BCUT2D eigenvalue weighted by Crippen LogP contribution is 2.35. The summed E-state index contributed by atoms with van der Waals surface area (Å²) in [5.41, 5.74) is 9.79. The number of nitrogens with one attached hydrogen (secondary N) is 1. The molecule has 0 saturated carbocycles. The first kappa shape index (κ1) is 16.5. The molecule has 3 N–H and O–H groups in total. The van der Waals surface area contributed by atoms with Crippen LogP contribution in [0.1, 0.15) is 12.5 Å². The van der Waals surface area contributed by atoms with E-state index in [1.165, 1.54) is 0 Å². The number of benzene rings is 2. The number of nitrogens with two attached hydrogens (primary N) is 1. The summed E-state index contributed by atoms with van der Waals surface area (Å²) in [6, 6.07) is 15.8. The molecule has 2 atom stereocenters. The molecule has 2 aliphatic rings. The van der Waals surface area contributed by atoms with E-state index in [1.807, 2.05) is 47.0 Å². The van der Waals surface area contributed by atoms with Crippen molar-refractivity contribution in [3.05, 3.63) is 53.6 Å². The molecule has 7 nitrogen and oxygen atoms in total. The van der Waals surface area contributed by atoms with Crippen LogP contribution in [0.5, 0.6) is 11.5 Å². The maximum atomic E-state index is 9.81. The Morgan fingerprint density at radius 1 is 1.29 bits per heavy atom. The molecule has 28 heavy (non-hydrogen) atoms. The molecule has 0 bridgehead atoms. The molecule has 140 valence electrons.